The average Bonchev–Trinajstić information content (AvgIpc) is 3.16. The van der Waals surface area contributed by atoms with Gasteiger partial charge in [0.1, 0.15) is 24.6 Å². The molecule has 0 atom stereocenters. The number of rotatable bonds is 34. The highest BCUT2D eigenvalue weighted by Crippen LogP contribution is 2.16. The van der Waals surface area contributed by atoms with Gasteiger partial charge in [0.25, 0.3) is 0 Å². The molecule has 0 aliphatic heterocycles. The zero-order valence-electron chi connectivity index (χ0n) is 32.8. The van der Waals surface area contributed by atoms with Gasteiger partial charge in [-0.2, -0.15) is 0 Å². The van der Waals surface area contributed by atoms with Crippen LogP contribution in [0.5, 0.6) is 5.75 Å². The molecule has 0 bridgehead atoms. The Bertz CT molecular complexity index is 1200. The number of nitrogens with one attached hydrogen (secondary N) is 2. The van der Waals surface area contributed by atoms with E-state index in [9.17, 15) is 9.59 Å². The molecule has 0 aliphatic carbocycles. The monoisotopic (exact) mass is 782 g/mol. The van der Waals surface area contributed by atoms with Crippen LogP contribution in [-0.4, -0.2) is 150 Å². The number of benzene rings is 2. The summed E-state index contributed by atoms with van der Waals surface area (Å²) in [6.45, 7) is 14.7. The molecule has 0 unspecified atom stereocenters. The van der Waals surface area contributed by atoms with Gasteiger partial charge in [0, 0.05) is 12.2 Å². The maximum Gasteiger partial charge on any atom is 0.411 e. The number of carbonyl (C=O) groups is 2. The highest BCUT2D eigenvalue weighted by atomic mass is 16.6. The Morgan fingerprint density at radius 1 is 0.491 bits per heavy atom. The van der Waals surface area contributed by atoms with Crippen LogP contribution < -0.4 is 15.4 Å². The topological polar surface area (TPSA) is 169 Å². The van der Waals surface area contributed by atoms with E-state index in [0.717, 1.165) is 5.56 Å². The molecule has 0 saturated carbocycles. The van der Waals surface area contributed by atoms with Gasteiger partial charge in [-0.05, 0) is 50.6 Å². The van der Waals surface area contributed by atoms with Crippen LogP contribution in [0.25, 0.3) is 0 Å². The Morgan fingerprint density at radius 2 is 0.891 bits per heavy atom. The second kappa shape index (κ2) is 32.6. The Kier molecular flexibility index (Phi) is 28.2. The van der Waals surface area contributed by atoms with Crippen LogP contribution in [0, 0.1) is 0 Å². The lowest BCUT2D eigenvalue weighted by atomic mass is 10.2. The Hall–Kier alpha value is -3.58. The van der Waals surface area contributed by atoms with E-state index in [1.54, 1.807) is 24.3 Å². The summed E-state index contributed by atoms with van der Waals surface area (Å²) >= 11 is 0. The minimum Gasteiger partial charge on any atom is -0.491 e. The van der Waals surface area contributed by atoms with Gasteiger partial charge in [-0.1, -0.05) is 30.3 Å². The molecule has 0 aliphatic rings. The molecule has 312 valence electrons. The highest BCUT2D eigenvalue weighted by Gasteiger charge is 2.15. The van der Waals surface area contributed by atoms with Crippen molar-refractivity contribution in [2.45, 2.75) is 33.0 Å². The van der Waals surface area contributed by atoms with Crippen molar-refractivity contribution in [3.05, 3.63) is 60.2 Å². The minimum atomic E-state index is -0.519. The van der Waals surface area contributed by atoms with Crippen LogP contribution in [0.3, 0.4) is 0 Å². The van der Waals surface area contributed by atoms with Gasteiger partial charge in [0.15, 0.2) is 0 Å². The summed E-state index contributed by atoms with van der Waals surface area (Å²) in [5, 5.41) is 5.32. The molecule has 0 radical (unpaired) electrons. The fraction of sp³-hybridized carbons (Fsp3) is 0.641. The zero-order chi connectivity index (χ0) is 39.5. The number of carbonyl (C=O) groups excluding carboxylic acids is 2. The molecular weight excluding hydrogens is 720 g/mol. The third-order valence-electron chi connectivity index (χ3n) is 6.70. The van der Waals surface area contributed by atoms with Crippen molar-refractivity contribution in [3.8, 4) is 5.75 Å². The van der Waals surface area contributed by atoms with E-state index in [1.165, 1.54) is 0 Å². The maximum atomic E-state index is 12.0. The van der Waals surface area contributed by atoms with Crippen LogP contribution in [0.15, 0.2) is 54.6 Å². The molecule has 0 spiro atoms. The molecule has 0 saturated heterocycles. The minimum absolute atomic E-state index is 0.207. The molecular formula is C39H62N2O14. The van der Waals surface area contributed by atoms with Crippen molar-refractivity contribution >= 4 is 17.9 Å². The zero-order valence-corrected chi connectivity index (χ0v) is 32.8. The maximum absolute atomic E-state index is 12.0. The molecule has 2 amide bonds. The first-order valence-corrected chi connectivity index (χ1v) is 18.7. The summed E-state index contributed by atoms with van der Waals surface area (Å²) in [6.07, 6.45) is -0.977. The predicted octanol–water partition coefficient (Wildman–Crippen LogP) is 4.49. The van der Waals surface area contributed by atoms with Crippen molar-refractivity contribution in [2.75, 3.05) is 137 Å². The summed E-state index contributed by atoms with van der Waals surface area (Å²) in [6, 6.07) is 16.5. The summed E-state index contributed by atoms with van der Waals surface area (Å²) in [5.41, 5.74) is 1.02. The standard InChI is InChI=1S/C39H62N2O14/c1-39(2,3)55-37(42)40-13-14-44-15-16-45-17-18-46-19-20-47-21-22-48-23-24-49-25-26-50-27-28-51-29-30-52-31-32-53-36-11-9-35(10-12-36)41-38(43)54-33-34-7-5-4-6-8-34/h4-12H,13-33H2,1-3H3,(H,40,42)(H,41,43). The van der Waals surface area contributed by atoms with Crippen molar-refractivity contribution < 1.29 is 66.4 Å². The molecule has 2 N–H and O–H groups in total. The van der Waals surface area contributed by atoms with Crippen LogP contribution in [0.2, 0.25) is 0 Å². The van der Waals surface area contributed by atoms with E-state index >= 15 is 0 Å². The molecule has 0 fully saturated rings. The van der Waals surface area contributed by atoms with Crippen LogP contribution >= 0.6 is 0 Å². The van der Waals surface area contributed by atoms with Gasteiger partial charge in [0.05, 0.1) is 119 Å². The van der Waals surface area contributed by atoms with Gasteiger partial charge in [-0.3, -0.25) is 5.32 Å². The summed E-state index contributed by atoms with van der Waals surface area (Å²) in [5.74, 6) is 0.670. The number of hydrogen-bond donors (Lipinski definition) is 2. The predicted molar refractivity (Wildman–Crippen MR) is 204 cm³/mol. The van der Waals surface area contributed by atoms with Crippen LogP contribution in [0.1, 0.15) is 26.3 Å². The first-order chi connectivity index (χ1) is 26.8. The Balaban J connectivity index is 1.21. The van der Waals surface area contributed by atoms with Crippen LogP contribution in [0.4, 0.5) is 15.3 Å². The highest BCUT2D eigenvalue weighted by molar-refractivity contribution is 5.84. The van der Waals surface area contributed by atoms with Crippen molar-refractivity contribution in [1.29, 1.82) is 0 Å². The van der Waals surface area contributed by atoms with E-state index in [-0.39, 0.29) is 6.61 Å². The molecule has 16 heteroatoms. The molecule has 2 rings (SSSR count). The smallest absolute Gasteiger partial charge is 0.411 e. The third kappa shape index (κ3) is 30.3. The second-order valence-corrected chi connectivity index (χ2v) is 12.5. The number of amides is 2. The quantitative estimate of drug-likeness (QED) is 0.0953. The summed E-state index contributed by atoms with van der Waals surface area (Å²) in [4.78, 5) is 23.5. The lowest BCUT2D eigenvalue weighted by Gasteiger charge is -2.19. The molecule has 16 nitrogen and oxygen atoms in total. The van der Waals surface area contributed by atoms with E-state index in [1.807, 2.05) is 51.1 Å². The van der Waals surface area contributed by atoms with E-state index in [0.29, 0.717) is 144 Å². The summed E-state index contributed by atoms with van der Waals surface area (Å²) < 4.78 is 65.3. The number of alkyl carbamates (subject to hydrolysis) is 1. The second-order valence-electron chi connectivity index (χ2n) is 12.5. The normalized spacial score (nSPS) is 11.3. The van der Waals surface area contributed by atoms with Gasteiger partial charge in [-0.25, -0.2) is 9.59 Å². The largest absolute Gasteiger partial charge is 0.491 e. The molecule has 0 aromatic heterocycles. The Labute approximate surface area is 325 Å². The van der Waals surface area contributed by atoms with Crippen molar-refractivity contribution in [2.24, 2.45) is 0 Å². The van der Waals surface area contributed by atoms with Crippen molar-refractivity contribution in [3.63, 3.8) is 0 Å². The molecule has 2 aromatic rings. The van der Waals surface area contributed by atoms with Gasteiger partial charge < -0.3 is 62.2 Å². The van der Waals surface area contributed by atoms with E-state index in [4.69, 9.17) is 56.8 Å². The fourth-order valence-electron chi connectivity index (χ4n) is 4.13. The fourth-order valence-corrected chi connectivity index (χ4v) is 4.13. The lowest BCUT2D eigenvalue weighted by molar-refractivity contribution is -0.0253. The first kappa shape index (κ1) is 47.6. The van der Waals surface area contributed by atoms with Crippen LogP contribution in [-0.2, 0) is 58.7 Å². The average molecular weight is 783 g/mol. The first-order valence-electron chi connectivity index (χ1n) is 18.7. The number of anilines is 1. The van der Waals surface area contributed by atoms with Gasteiger partial charge in [-0.15, -0.1) is 0 Å². The molecule has 2 aromatic carbocycles. The molecule has 55 heavy (non-hydrogen) atoms. The van der Waals surface area contributed by atoms with Gasteiger partial charge in [0.2, 0.25) is 0 Å². The summed E-state index contributed by atoms with van der Waals surface area (Å²) in [7, 11) is 0. The SMILES string of the molecule is CC(C)(C)OC(=O)NCCOCCOCCOCCOCCOCCOCCOCCOCCOCCOc1ccc(NC(=O)OCc2ccccc2)cc1. The Morgan fingerprint density at radius 3 is 1.31 bits per heavy atom. The van der Waals surface area contributed by atoms with Crippen molar-refractivity contribution in [1.82, 2.24) is 5.32 Å². The van der Waals surface area contributed by atoms with E-state index < -0.39 is 17.8 Å². The number of hydrogen-bond acceptors (Lipinski definition) is 14. The van der Waals surface area contributed by atoms with Gasteiger partial charge >= 0.3 is 12.2 Å². The lowest BCUT2D eigenvalue weighted by Crippen LogP contribution is -2.34. The number of ether oxygens (including phenoxy) is 12. The third-order valence-corrected chi connectivity index (χ3v) is 6.70. The van der Waals surface area contributed by atoms with E-state index in [2.05, 4.69) is 10.6 Å². The molecule has 0 heterocycles.